The second-order valence-corrected chi connectivity index (χ2v) is 5.46. The van der Waals surface area contributed by atoms with E-state index in [1.54, 1.807) is 6.92 Å². The molecule has 2 rings (SSSR count). The van der Waals surface area contributed by atoms with E-state index in [0.717, 1.165) is 12.8 Å². The van der Waals surface area contributed by atoms with Gasteiger partial charge in [0, 0.05) is 23.2 Å². The summed E-state index contributed by atoms with van der Waals surface area (Å²) in [4.78, 5) is 10.4. The maximum atomic E-state index is 10.9. The van der Waals surface area contributed by atoms with Gasteiger partial charge in [0.25, 0.3) is 0 Å². The SMILES string of the molecule is CC(C#N)(COc1cc(Cl)ccc1[N+](=O)[O-])NC1CC1. The fourth-order valence-electron chi connectivity index (χ4n) is 1.76. The van der Waals surface area contributed by atoms with Crippen LogP contribution in [0.5, 0.6) is 5.75 Å². The average molecular weight is 296 g/mol. The largest absolute Gasteiger partial charge is 0.484 e. The lowest BCUT2D eigenvalue weighted by Gasteiger charge is -2.23. The second kappa shape index (κ2) is 5.65. The molecule has 0 heterocycles. The first-order valence-electron chi connectivity index (χ1n) is 6.19. The number of hydrogen-bond donors (Lipinski definition) is 1. The third-order valence-corrected chi connectivity index (χ3v) is 3.22. The summed E-state index contributed by atoms with van der Waals surface area (Å²) in [7, 11) is 0. The van der Waals surface area contributed by atoms with E-state index in [2.05, 4.69) is 11.4 Å². The first-order valence-corrected chi connectivity index (χ1v) is 6.57. The Morgan fingerprint density at radius 3 is 2.90 bits per heavy atom. The smallest absolute Gasteiger partial charge is 0.311 e. The fourth-order valence-corrected chi connectivity index (χ4v) is 1.92. The van der Waals surface area contributed by atoms with Gasteiger partial charge in [0.05, 0.1) is 11.0 Å². The van der Waals surface area contributed by atoms with Crippen LogP contribution in [-0.2, 0) is 0 Å². The molecule has 1 N–H and O–H groups in total. The van der Waals surface area contributed by atoms with E-state index < -0.39 is 10.5 Å². The Kier molecular flexibility index (Phi) is 4.12. The Bertz CT molecular complexity index is 568. The van der Waals surface area contributed by atoms with Crippen LogP contribution in [0.2, 0.25) is 5.02 Å². The topological polar surface area (TPSA) is 88.2 Å². The van der Waals surface area contributed by atoms with Crippen LogP contribution < -0.4 is 10.1 Å². The molecule has 0 aliphatic heterocycles. The Hall–Kier alpha value is -1.84. The van der Waals surface area contributed by atoms with Crippen LogP contribution in [0.3, 0.4) is 0 Å². The molecule has 0 bridgehead atoms. The summed E-state index contributed by atoms with van der Waals surface area (Å²) >= 11 is 5.82. The molecule has 20 heavy (non-hydrogen) atoms. The zero-order valence-corrected chi connectivity index (χ0v) is 11.7. The highest BCUT2D eigenvalue weighted by molar-refractivity contribution is 6.30. The van der Waals surface area contributed by atoms with Gasteiger partial charge in [-0.2, -0.15) is 5.26 Å². The molecule has 7 heteroatoms. The van der Waals surface area contributed by atoms with Gasteiger partial charge in [-0.15, -0.1) is 0 Å². The normalized spacial score (nSPS) is 17.1. The van der Waals surface area contributed by atoms with E-state index in [1.807, 2.05) is 0 Å². The molecule has 6 nitrogen and oxygen atoms in total. The Balaban J connectivity index is 2.11. The van der Waals surface area contributed by atoms with E-state index in [1.165, 1.54) is 18.2 Å². The van der Waals surface area contributed by atoms with Crippen LogP contribution in [0, 0.1) is 21.4 Å². The van der Waals surface area contributed by atoms with Crippen molar-refractivity contribution >= 4 is 17.3 Å². The molecule has 1 aliphatic rings. The molecule has 0 amide bonds. The summed E-state index contributed by atoms with van der Waals surface area (Å²) in [5.41, 5.74) is -1.04. The number of nitro groups is 1. The van der Waals surface area contributed by atoms with Crippen molar-refractivity contribution in [3.05, 3.63) is 33.3 Å². The van der Waals surface area contributed by atoms with Gasteiger partial charge in [-0.05, 0) is 25.8 Å². The zero-order valence-electron chi connectivity index (χ0n) is 10.9. The third-order valence-electron chi connectivity index (χ3n) is 2.98. The van der Waals surface area contributed by atoms with Gasteiger partial charge in [-0.3, -0.25) is 15.4 Å². The molecule has 1 unspecified atom stereocenters. The molecule has 1 saturated carbocycles. The van der Waals surface area contributed by atoms with Gasteiger partial charge in [-0.1, -0.05) is 11.6 Å². The minimum atomic E-state index is -0.878. The van der Waals surface area contributed by atoms with E-state index >= 15 is 0 Å². The second-order valence-electron chi connectivity index (χ2n) is 5.02. The number of nitrogens with one attached hydrogen (secondary N) is 1. The molecule has 106 valence electrons. The third kappa shape index (κ3) is 3.59. The van der Waals surface area contributed by atoms with Crippen molar-refractivity contribution in [1.82, 2.24) is 5.32 Å². The number of hydrogen-bond acceptors (Lipinski definition) is 5. The molecule has 0 saturated heterocycles. The number of benzene rings is 1. The van der Waals surface area contributed by atoms with Crippen molar-refractivity contribution in [3.63, 3.8) is 0 Å². The minimum Gasteiger partial charge on any atom is -0.484 e. The van der Waals surface area contributed by atoms with E-state index in [9.17, 15) is 15.4 Å². The number of rotatable bonds is 6. The van der Waals surface area contributed by atoms with Crippen molar-refractivity contribution in [2.75, 3.05) is 6.61 Å². The molecule has 0 aromatic heterocycles. The molecule has 1 aliphatic carbocycles. The van der Waals surface area contributed by atoms with Crippen LogP contribution in [0.1, 0.15) is 19.8 Å². The van der Waals surface area contributed by atoms with Gasteiger partial charge in [-0.25, -0.2) is 0 Å². The number of ether oxygens (including phenoxy) is 1. The maximum Gasteiger partial charge on any atom is 0.311 e. The van der Waals surface area contributed by atoms with Crippen molar-refractivity contribution in [3.8, 4) is 11.8 Å². The summed E-state index contributed by atoms with van der Waals surface area (Å²) in [5.74, 6) is 0.0709. The Morgan fingerprint density at radius 1 is 1.65 bits per heavy atom. The molecule has 1 aromatic rings. The van der Waals surface area contributed by atoms with E-state index in [4.69, 9.17) is 16.3 Å². The van der Waals surface area contributed by atoms with Gasteiger partial charge >= 0.3 is 5.69 Å². The number of nitrogens with zero attached hydrogens (tertiary/aromatic N) is 2. The maximum absolute atomic E-state index is 10.9. The predicted molar refractivity (Wildman–Crippen MR) is 73.8 cm³/mol. The lowest BCUT2D eigenvalue weighted by atomic mass is 10.1. The van der Waals surface area contributed by atoms with Crippen LogP contribution in [0.25, 0.3) is 0 Å². The Labute approximate surface area is 121 Å². The predicted octanol–water partition coefficient (Wildman–Crippen LogP) is 2.66. The summed E-state index contributed by atoms with van der Waals surface area (Å²) in [6, 6.07) is 6.58. The first-order chi connectivity index (χ1) is 9.43. The summed E-state index contributed by atoms with van der Waals surface area (Å²) in [5, 5.41) is 23.6. The van der Waals surface area contributed by atoms with E-state index in [-0.39, 0.29) is 18.0 Å². The highest BCUT2D eigenvalue weighted by atomic mass is 35.5. The molecule has 1 atom stereocenters. The van der Waals surface area contributed by atoms with Gasteiger partial charge < -0.3 is 4.74 Å². The minimum absolute atomic E-state index is 0.0151. The van der Waals surface area contributed by atoms with Gasteiger partial charge in [0.2, 0.25) is 0 Å². The molecule has 0 radical (unpaired) electrons. The highest BCUT2D eigenvalue weighted by Gasteiger charge is 2.33. The first kappa shape index (κ1) is 14.6. The molecule has 0 spiro atoms. The Morgan fingerprint density at radius 2 is 2.35 bits per heavy atom. The van der Waals surface area contributed by atoms with Crippen molar-refractivity contribution in [2.24, 2.45) is 0 Å². The zero-order chi connectivity index (χ0) is 14.8. The van der Waals surface area contributed by atoms with Crippen LogP contribution in [0.4, 0.5) is 5.69 Å². The molecule has 1 fully saturated rings. The molecule has 1 aromatic carbocycles. The number of nitro benzene ring substituents is 1. The lowest BCUT2D eigenvalue weighted by molar-refractivity contribution is -0.385. The van der Waals surface area contributed by atoms with Crippen molar-refractivity contribution in [2.45, 2.75) is 31.3 Å². The van der Waals surface area contributed by atoms with Crippen molar-refractivity contribution in [1.29, 1.82) is 5.26 Å². The summed E-state index contributed by atoms with van der Waals surface area (Å²) < 4.78 is 5.45. The lowest BCUT2D eigenvalue weighted by Crippen LogP contribution is -2.47. The highest BCUT2D eigenvalue weighted by Crippen LogP contribution is 2.31. The summed E-state index contributed by atoms with van der Waals surface area (Å²) in [6.07, 6.45) is 2.07. The fraction of sp³-hybridized carbons (Fsp3) is 0.462. The summed E-state index contributed by atoms with van der Waals surface area (Å²) in [6.45, 7) is 1.73. The van der Waals surface area contributed by atoms with Crippen LogP contribution >= 0.6 is 11.6 Å². The van der Waals surface area contributed by atoms with Gasteiger partial charge in [0.1, 0.15) is 12.1 Å². The molecular formula is C13H14ClN3O3. The monoisotopic (exact) mass is 295 g/mol. The van der Waals surface area contributed by atoms with Crippen molar-refractivity contribution < 1.29 is 9.66 Å². The average Bonchev–Trinajstić information content (AvgIpc) is 3.20. The van der Waals surface area contributed by atoms with Crippen LogP contribution in [-0.4, -0.2) is 23.1 Å². The standard InChI is InChI=1S/C13H14ClN3O3/c1-13(7-15,16-10-3-4-10)8-20-12-6-9(14)2-5-11(12)17(18)19/h2,5-6,10,16H,3-4,8H2,1H3. The molecular weight excluding hydrogens is 282 g/mol. The quantitative estimate of drug-likeness (QED) is 0.644. The number of nitriles is 1. The number of halogens is 1. The van der Waals surface area contributed by atoms with Crippen LogP contribution in [0.15, 0.2) is 18.2 Å². The van der Waals surface area contributed by atoms with E-state index in [0.29, 0.717) is 11.1 Å². The van der Waals surface area contributed by atoms with Gasteiger partial charge in [0.15, 0.2) is 5.75 Å².